The van der Waals surface area contributed by atoms with Crippen molar-refractivity contribution in [2.24, 2.45) is 0 Å². The van der Waals surface area contributed by atoms with Crippen LogP contribution < -0.4 is 10.2 Å². The van der Waals surface area contributed by atoms with Gasteiger partial charge in [-0.05, 0) is 24.6 Å². The van der Waals surface area contributed by atoms with Gasteiger partial charge in [0.1, 0.15) is 0 Å². The minimum absolute atomic E-state index is 0.280. The second kappa shape index (κ2) is 6.08. The van der Waals surface area contributed by atoms with Gasteiger partial charge in [0.05, 0.1) is 6.20 Å². The van der Waals surface area contributed by atoms with Gasteiger partial charge in [0.25, 0.3) is 0 Å². The second-order valence-electron chi connectivity index (χ2n) is 4.11. The third-order valence-electron chi connectivity index (χ3n) is 2.59. The molecule has 0 unspecified atom stereocenters. The minimum Gasteiger partial charge on any atom is -0.354 e. The molecule has 0 amide bonds. The highest BCUT2D eigenvalue weighted by molar-refractivity contribution is 5.43. The van der Waals surface area contributed by atoms with Gasteiger partial charge in [-0.15, -0.1) is 0 Å². The Morgan fingerprint density at radius 2 is 2.05 bits per heavy atom. The van der Waals surface area contributed by atoms with E-state index in [9.17, 15) is 4.39 Å². The Hall–Kier alpha value is -2.24. The topological polar surface area (TPSA) is 53.9 Å². The lowest BCUT2D eigenvalue weighted by molar-refractivity contribution is 0.607. The van der Waals surface area contributed by atoms with E-state index in [-0.39, 0.29) is 5.82 Å². The van der Waals surface area contributed by atoms with Crippen molar-refractivity contribution in [3.8, 4) is 0 Å². The van der Waals surface area contributed by atoms with Gasteiger partial charge >= 0.3 is 0 Å². The molecule has 2 heterocycles. The lowest BCUT2D eigenvalue weighted by Gasteiger charge is -2.19. The summed E-state index contributed by atoms with van der Waals surface area (Å²) in [6.45, 7) is 3.19. The molecule has 0 saturated heterocycles. The quantitative estimate of drug-likeness (QED) is 0.893. The summed E-state index contributed by atoms with van der Waals surface area (Å²) in [7, 11) is 1.79. The van der Waals surface area contributed by atoms with Crippen LogP contribution in [0.15, 0.2) is 30.7 Å². The van der Waals surface area contributed by atoms with E-state index in [2.05, 4.69) is 20.3 Å². The molecule has 0 saturated carbocycles. The zero-order valence-electron chi connectivity index (χ0n) is 11.0. The number of pyridine rings is 1. The fraction of sp³-hybridized carbons (Fsp3) is 0.308. The molecule has 0 radical (unpaired) electrons. The van der Waals surface area contributed by atoms with Gasteiger partial charge in [0.2, 0.25) is 5.95 Å². The molecule has 2 aromatic heterocycles. The van der Waals surface area contributed by atoms with Crippen LogP contribution in [0.1, 0.15) is 12.5 Å². The minimum atomic E-state index is -0.432. The normalized spacial score (nSPS) is 10.3. The lowest BCUT2D eigenvalue weighted by atomic mass is 10.2. The molecule has 2 aromatic rings. The van der Waals surface area contributed by atoms with Crippen molar-refractivity contribution < 1.29 is 4.39 Å². The van der Waals surface area contributed by atoms with Crippen molar-refractivity contribution in [1.82, 2.24) is 15.0 Å². The van der Waals surface area contributed by atoms with Crippen LogP contribution >= 0.6 is 0 Å². The first kappa shape index (κ1) is 13.2. The maximum absolute atomic E-state index is 13.8. The van der Waals surface area contributed by atoms with Crippen molar-refractivity contribution in [2.45, 2.75) is 13.5 Å². The maximum Gasteiger partial charge on any atom is 0.224 e. The molecular weight excluding hydrogens is 245 g/mol. The van der Waals surface area contributed by atoms with Crippen molar-refractivity contribution in [3.05, 3.63) is 42.1 Å². The summed E-state index contributed by atoms with van der Waals surface area (Å²) >= 11 is 0. The molecule has 1 N–H and O–H groups in total. The summed E-state index contributed by atoms with van der Waals surface area (Å²) < 4.78 is 13.8. The van der Waals surface area contributed by atoms with Crippen molar-refractivity contribution in [3.63, 3.8) is 0 Å². The van der Waals surface area contributed by atoms with E-state index in [0.29, 0.717) is 19.0 Å². The zero-order valence-corrected chi connectivity index (χ0v) is 11.0. The van der Waals surface area contributed by atoms with Gasteiger partial charge in [-0.2, -0.15) is 4.98 Å². The molecule has 0 aliphatic heterocycles. The Balaban J connectivity index is 2.18. The average molecular weight is 261 g/mol. The summed E-state index contributed by atoms with van der Waals surface area (Å²) in [4.78, 5) is 13.8. The van der Waals surface area contributed by atoms with Crippen molar-refractivity contribution >= 4 is 11.8 Å². The standard InChI is InChI=1S/C13H16FN5/c1-3-16-13-17-8-11(14)12(18-13)19(2)9-10-4-6-15-7-5-10/h4-8H,3,9H2,1-2H3,(H,16,17,18). The van der Waals surface area contributed by atoms with Crippen LogP contribution in [0.2, 0.25) is 0 Å². The Morgan fingerprint density at radius 1 is 1.32 bits per heavy atom. The van der Waals surface area contributed by atoms with Gasteiger partial charge in [-0.3, -0.25) is 4.98 Å². The Bertz CT molecular complexity index is 532. The van der Waals surface area contributed by atoms with Crippen LogP contribution in [0.25, 0.3) is 0 Å². The number of nitrogens with one attached hydrogen (secondary N) is 1. The predicted molar refractivity (Wildman–Crippen MR) is 72.5 cm³/mol. The molecule has 0 aliphatic rings. The molecular formula is C13H16FN5. The molecule has 0 bridgehead atoms. The lowest BCUT2D eigenvalue weighted by Crippen LogP contribution is -2.20. The van der Waals surface area contributed by atoms with E-state index in [1.165, 1.54) is 6.20 Å². The molecule has 19 heavy (non-hydrogen) atoms. The number of halogens is 1. The van der Waals surface area contributed by atoms with E-state index in [1.807, 2.05) is 19.1 Å². The third kappa shape index (κ3) is 3.37. The molecule has 5 nitrogen and oxygen atoms in total. The fourth-order valence-electron chi connectivity index (χ4n) is 1.71. The van der Waals surface area contributed by atoms with Crippen LogP contribution in [0, 0.1) is 5.82 Å². The highest BCUT2D eigenvalue weighted by Crippen LogP contribution is 2.17. The summed E-state index contributed by atoms with van der Waals surface area (Å²) in [5.74, 6) is 0.279. The van der Waals surface area contributed by atoms with E-state index >= 15 is 0 Å². The van der Waals surface area contributed by atoms with Gasteiger partial charge in [0.15, 0.2) is 11.6 Å². The van der Waals surface area contributed by atoms with E-state index in [1.54, 1.807) is 24.3 Å². The Morgan fingerprint density at radius 3 is 2.74 bits per heavy atom. The summed E-state index contributed by atoms with van der Waals surface area (Å²) in [6.07, 6.45) is 4.61. The van der Waals surface area contributed by atoms with Crippen LogP contribution in [-0.2, 0) is 6.54 Å². The molecule has 0 atom stereocenters. The Kier molecular flexibility index (Phi) is 4.22. The summed E-state index contributed by atoms with van der Waals surface area (Å²) in [5, 5.41) is 2.97. The van der Waals surface area contributed by atoms with E-state index in [0.717, 1.165) is 5.56 Å². The SMILES string of the molecule is CCNc1ncc(F)c(N(C)Cc2ccncc2)n1. The first-order chi connectivity index (χ1) is 9.20. The zero-order chi connectivity index (χ0) is 13.7. The molecule has 2 rings (SSSR count). The number of anilines is 2. The average Bonchev–Trinajstić information content (AvgIpc) is 2.42. The van der Waals surface area contributed by atoms with E-state index in [4.69, 9.17) is 0 Å². The Labute approximate surface area is 111 Å². The van der Waals surface area contributed by atoms with Crippen LogP contribution in [0.3, 0.4) is 0 Å². The van der Waals surface area contributed by atoms with Crippen LogP contribution in [0.4, 0.5) is 16.2 Å². The smallest absolute Gasteiger partial charge is 0.224 e. The van der Waals surface area contributed by atoms with Gasteiger partial charge in [0, 0.05) is 32.5 Å². The summed E-state index contributed by atoms with van der Waals surface area (Å²) in [5.41, 5.74) is 1.04. The fourth-order valence-corrected chi connectivity index (χ4v) is 1.71. The van der Waals surface area contributed by atoms with Gasteiger partial charge < -0.3 is 10.2 Å². The number of aromatic nitrogens is 3. The summed E-state index contributed by atoms with van der Waals surface area (Å²) in [6, 6.07) is 3.78. The number of hydrogen-bond acceptors (Lipinski definition) is 5. The molecule has 100 valence electrons. The maximum atomic E-state index is 13.8. The number of hydrogen-bond donors (Lipinski definition) is 1. The first-order valence-corrected chi connectivity index (χ1v) is 6.07. The van der Waals surface area contributed by atoms with Crippen LogP contribution in [0.5, 0.6) is 0 Å². The molecule has 6 heteroatoms. The second-order valence-corrected chi connectivity index (χ2v) is 4.11. The van der Waals surface area contributed by atoms with E-state index < -0.39 is 5.82 Å². The molecule has 0 spiro atoms. The number of nitrogens with zero attached hydrogens (tertiary/aromatic N) is 4. The molecule has 0 aromatic carbocycles. The third-order valence-corrected chi connectivity index (χ3v) is 2.59. The molecule has 0 fully saturated rings. The number of rotatable bonds is 5. The monoisotopic (exact) mass is 261 g/mol. The highest BCUT2D eigenvalue weighted by Gasteiger charge is 2.11. The van der Waals surface area contributed by atoms with Gasteiger partial charge in [-0.25, -0.2) is 9.37 Å². The van der Waals surface area contributed by atoms with Crippen molar-refractivity contribution in [2.75, 3.05) is 23.8 Å². The first-order valence-electron chi connectivity index (χ1n) is 6.07. The highest BCUT2D eigenvalue weighted by atomic mass is 19.1. The molecule has 0 aliphatic carbocycles. The largest absolute Gasteiger partial charge is 0.354 e. The van der Waals surface area contributed by atoms with Gasteiger partial charge in [-0.1, -0.05) is 0 Å². The van der Waals surface area contributed by atoms with Crippen molar-refractivity contribution in [1.29, 1.82) is 0 Å². The van der Waals surface area contributed by atoms with Crippen LogP contribution in [-0.4, -0.2) is 28.5 Å². The predicted octanol–water partition coefficient (Wildman–Crippen LogP) is 2.08.